The van der Waals surface area contributed by atoms with Crippen molar-refractivity contribution in [2.45, 2.75) is 6.92 Å². The van der Waals surface area contributed by atoms with E-state index in [1.807, 2.05) is 20.0 Å². The quantitative estimate of drug-likeness (QED) is 0.727. The molecule has 0 aliphatic rings. The SMILES string of the molecule is CNc1snc(C)c1-c1nc2ccncc2[nH]1. The lowest BCUT2D eigenvalue weighted by atomic mass is 10.2. The Hall–Kier alpha value is -1.95. The molecular weight excluding hydrogens is 234 g/mol. The monoisotopic (exact) mass is 245 g/mol. The van der Waals surface area contributed by atoms with E-state index in [1.165, 1.54) is 11.5 Å². The van der Waals surface area contributed by atoms with Gasteiger partial charge in [0.2, 0.25) is 0 Å². The number of pyridine rings is 1. The molecule has 2 N–H and O–H groups in total. The van der Waals surface area contributed by atoms with Crippen molar-refractivity contribution >= 4 is 27.6 Å². The summed E-state index contributed by atoms with van der Waals surface area (Å²) in [4.78, 5) is 11.9. The summed E-state index contributed by atoms with van der Waals surface area (Å²) in [5.41, 5.74) is 3.87. The van der Waals surface area contributed by atoms with Crippen LogP contribution in [0.15, 0.2) is 18.5 Å². The van der Waals surface area contributed by atoms with Gasteiger partial charge < -0.3 is 10.3 Å². The first kappa shape index (κ1) is 10.2. The van der Waals surface area contributed by atoms with Crippen LogP contribution in [0.5, 0.6) is 0 Å². The number of nitrogens with one attached hydrogen (secondary N) is 2. The molecule has 0 radical (unpaired) electrons. The van der Waals surface area contributed by atoms with E-state index >= 15 is 0 Å². The van der Waals surface area contributed by atoms with Gasteiger partial charge in [0.1, 0.15) is 10.8 Å². The Morgan fingerprint density at radius 3 is 3.06 bits per heavy atom. The molecule has 0 bridgehead atoms. The maximum absolute atomic E-state index is 4.56. The molecule has 3 rings (SSSR count). The summed E-state index contributed by atoms with van der Waals surface area (Å²) in [6.45, 7) is 1.98. The van der Waals surface area contributed by atoms with E-state index in [2.05, 4.69) is 24.6 Å². The molecule has 3 heterocycles. The number of rotatable bonds is 2. The van der Waals surface area contributed by atoms with Gasteiger partial charge >= 0.3 is 0 Å². The summed E-state index contributed by atoms with van der Waals surface area (Å²) in [5, 5.41) is 4.16. The Kier molecular flexibility index (Phi) is 2.29. The molecule has 0 spiro atoms. The minimum Gasteiger partial charge on any atom is -0.378 e. The van der Waals surface area contributed by atoms with Gasteiger partial charge in [-0.1, -0.05) is 0 Å². The fourth-order valence-electron chi connectivity index (χ4n) is 1.79. The molecule has 6 heteroatoms. The molecule has 0 unspecified atom stereocenters. The highest BCUT2D eigenvalue weighted by molar-refractivity contribution is 7.10. The van der Waals surface area contributed by atoms with E-state index in [0.29, 0.717) is 0 Å². The fraction of sp³-hybridized carbons (Fsp3) is 0.182. The van der Waals surface area contributed by atoms with Crippen molar-refractivity contribution in [3.63, 3.8) is 0 Å². The Morgan fingerprint density at radius 2 is 2.29 bits per heavy atom. The zero-order valence-corrected chi connectivity index (χ0v) is 10.3. The Balaban J connectivity index is 2.23. The molecule has 0 saturated heterocycles. The minimum absolute atomic E-state index is 0.837. The zero-order chi connectivity index (χ0) is 11.8. The van der Waals surface area contributed by atoms with E-state index in [0.717, 1.165) is 33.1 Å². The highest BCUT2D eigenvalue weighted by Crippen LogP contribution is 2.33. The molecule has 0 saturated carbocycles. The molecule has 0 fully saturated rings. The summed E-state index contributed by atoms with van der Waals surface area (Å²) in [5.74, 6) is 0.837. The second kappa shape index (κ2) is 3.81. The molecule has 3 aromatic heterocycles. The van der Waals surface area contributed by atoms with Crippen LogP contribution in [0, 0.1) is 6.92 Å². The molecule has 0 aliphatic heterocycles. The molecule has 0 amide bonds. The van der Waals surface area contributed by atoms with Gasteiger partial charge in [0.25, 0.3) is 0 Å². The average Bonchev–Trinajstić information content (AvgIpc) is 2.91. The van der Waals surface area contributed by atoms with Gasteiger partial charge in [-0.15, -0.1) is 0 Å². The second-order valence-corrected chi connectivity index (χ2v) is 4.47. The molecule has 5 nitrogen and oxygen atoms in total. The predicted octanol–water partition coefficient (Wildman–Crippen LogP) is 2.43. The molecule has 0 aromatic carbocycles. The number of anilines is 1. The maximum atomic E-state index is 4.56. The second-order valence-electron chi connectivity index (χ2n) is 3.70. The zero-order valence-electron chi connectivity index (χ0n) is 9.48. The maximum Gasteiger partial charge on any atom is 0.143 e. The normalized spacial score (nSPS) is 10.9. The third-order valence-corrected chi connectivity index (χ3v) is 3.57. The number of hydrogen-bond donors (Lipinski definition) is 2. The number of fused-ring (bicyclic) bond motifs is 1. The summed E-state index contributed by atoms with van der Waals surface area (Å²) in [7, 11) is 1.89. The van der Waals surface area contributed by atoms with Crippen LogP contribution in [0.4, 0.5) is 5.00 Å². The first-order valence-corrected chi connectivity index (χ1v) is 6.01. The summed E-state index contributed by atoms with van der Waals surface area (Å²) in [6, 6.07) is 1.89. The number of aromatic nitrogens is 4. The highest BCUT2D eigenvalue weighted by atomic mass is 32.1. The molecule has 86 valence electrons. The Labute approximate surface area is 102 Å². The lowest BCUT2D eigenvalue weighted by Gasteiger charge is -1.98. The van der Waals surface area contributed by atoms with Crippen molar-refractivity contribution < 1.29 is 0 Å². The van der Waals surface area contributed by atoms with E-state index in [4.69, 9.17) is 0 Å². The Morgan fingerprint density at radius 1 is 1.41 bits per heavy atom. The number of aryl methyl sites for hydroxylation is 1. The molecule has 0 atom stereocenters. The first-order chi connectivity index (χ1) is 8.29. The van der Waals surface area contributed by atoms with Crippen LogP contribution in [0.1, 0.15) is 5.69 Å². The van der Waals surface area contributed by atoms with Crippen molar-refractivity contribution in [1.82, 2.24) is 19.3 Å². The van der Waals surface area contributed by atoms with Crippen molar-refractivity contribution in [2.24, 2.45) is 0 Å². The fourth-order valence-corrected chi connectivity index (χ4v) is 2.54. The van der Waals surface area contributed by atoms with Crippen LogP contribution in [-0.2, 0) is 0 Å². The van der Waals surface area contributed by atoms with Gasteiger partial charge in [-0.05, 0) is 24.5 Å². The van der Waals surface area contributed by atoms with Crippen LogP contribution >= 0.6 is 11.5 Å². The van der Waals surface area contributed by atoms with Crippen LogP contribution in [0.25, 0.3) is 22.4 Å². The standard InChI is InChI=1S/C11H11N5S/c1-6-9(11(12-2)17-16-6)10-14-7-3-4-13-5-8(7)15-10/h3-5,12H,1-2H3,(H,14,15). The van der Waals surface area contributed by atoms with Gasteiger partial charge in [-0.2, -0.15) is 4.37 Å². The van der Waals surface area contributed by atoms with Crippen molar-refractivity contribution in [2.75, 3.05) is 12.4 Å². The number of aromatic amines is 1. The van der Waals surface area contributed by atoms with E-state index in [1.54, 1.807) is 12.4 Å². The first-order valence-electron chi connectivity index (χ1n) is 5.23. The van der Waals surface area contributed by atoms with Crippen molar-refractivity contribution in [3.05, 3.63) is 24.2 Å². The van der Waals surface area contributed by atoms with Gasteiger partial charge in [-0.25, -0.2) is 4.98 Å². The van der Waals surface area contributed by atoms with Crippen LogP contribution < -0.4 is 5.32 Å². The number of imidazole rings is 1. The van der Waals surface area contributed by atoms with Crippen molar-refractivity contribution in [1.29, 1.82) is 0 Å². The van der Waals surface area contributed by atoms with Gasteiger partial charge in [-0.3, -0.25) is 4.98 Å². The molecule has 17 heavy (non-hydrogen) atoms. The molecular formula is C11H11N5S. The smallest absolute Gasteiger partial charge is 0.143 e. The summed E-state index contributed by atoms with van der Waals surface area (Å²) >= 11 is 1.44. The lowest BCUT2D eigenvalue weighted by Crippen LogP contribution is -1.89. The van der Waals surface area contributed by atoms with Gasteiger partial charge in [0.15, 0.2) is 0 Å². The van der Waals surface area contributed by atoms with Gasteiger partial charge in [0.05, 0.1) is 28.5 Å². The predicted molar refractivity (Wildman–Crippen MR) is 69.3 cm³/mol. The topological polar surface area (TPSA) is 66.5 Å². The van der Waals surface area contributed by atoms with Crippen LogP contribution in [-0.4, -0.2) is 26.4 Å². The van der Waals surface area contributed by atoms with Gasteiger partial charge in [0, 0.05) is 13.2 Å². The molecule has 0 aliphatic carbocycles. The number of hydrogen-bond acceptors (Lipinski definition) is 5. The molecule has 3 aromatic rings. The third-order valence-electron chi connectivity index (χ3n) is 2.61. The van der Waals surface area contributed by atoms with E-state index in [-0.39, 0.29) is 0 Å². The number of nitrogens with zero attached hydrogens (tertiary/aromatic N) is 3. The third kappa shape index (κ3) is 1.57. The van der Waals surface area contributed by atoms with E-state index < -0.39 is 0 Å². The van der Waals surface area contributed by atoms with Crippen LogP contribution in [0.3, 0.4) is 0 Å². The average molecular weight is 245 g/mol. The largest absolute Gasteiger partial charge is 0.378 e. The Bertz CT molecular complexity index is 636. The minimum atomic E-state index is 0.837. The lowest BCUT2D eigenvalue weighted by molar-refractivity contribution is 1.27. The van der Waals surface area contributed by atoms with Crippen molar-refractivity contribution in [3.8, 4) is 11.4 Å². The van der Waals surface area contributed by atoms with Crippen LogP contribution in [0.2, 0.25) is 0 Å². The number of H-pyrrole nitrogens is 1. The highest BCUT2D eigenvalue weighted by Gasteiger charge is 2.15. The summed E-state index contributed by atoms with van der Waals surface area (Å²) < 4.78 is 4.34. The summed E-state index contributed by atoms with van der Waals surface area (Å²) in [6.07, 6.45) is 3.52. The van der Waals surface area contributed by atoms with E-state index in [9.17, 15) is 0 Å².